The number of nitrogens with two attached hydrogens (primary N) is 1. The van der Waals surface area contributed by atoms with Crippen LogP contribution >= 0.6 is 0 Å². The van der Waals surface area contributed by atoms with Crippen LogP contribution in [0.1, 0.15) is 5.89 Å². The normalized spacial score (nSPS) is 13.4. The van der Waals surface area contributed by atoms with E-state index in [2.05, 4.69) is 15.5 Å². The summed E-state index contributed by atoms with van der Waals surface area (Å²) in [6, 6.07) is 5.80. The molecule has 0 saturated heterocycles. The SMILES string of the molecule is NCc1nnc(Nc2ccc3c(c2)OCCO3)o1. The summed E-state index contributed by atoms with van der Waals surface area (Å²) in [7, 11) is 0. The summed E-state index contributed by atoms with van der Waals surface area (Å²) in [5.74, 6) is 1.82. The zero-order valence-electron chi connectivity index (χ0n) is 9.55. The second kappa shape index (κ2) is 4.53. The van der Waals surface area contributed by atoms with E-state index in [4.69, 9.17) is 19.6 Å². The number of nitrogens with one attached hydrogen (secondary N) is 1. The molecule has 0 fully saturated rings. The van der Waals surface area contributed by atoms with E-state index in [1.54, 1.807) is 0 Å². The molecule has 1 aliphatic heterocycles. The van der Waals surface area contributed by atoms with Gasteiger partial charge in [0.15, 0.2) is 11.5 Å². The quantitative estimate of drug-likeness (QED) is 0.837. The van der Waals surface area contributed by atoms with Crippen molar-refractivity contribution in [2.45, 2.75) is 6.54 Å². The van der Waals surface area contributed by atoms with Crippen molar-refractivity contribution in [3.05, 3.63) is 24.1 Å². The Hall–Kier alpha value is -2.28. The van der Waals surface area contributed by atoms with Gasteiger partial charge in [0.05, 0.1) is 6.54 Å². The molecule has 1 aliphatic rings. The lowest BCUT2D eigenvalue weighted by Crippen LogP contribution is -2.15. The maximum Gasteiger partial charge on any atom is 0.320 e. The van der Waals surface area contributed by atoms with E-state index in [0.29, 0.717) is 30.9 Å². The summed E-state index contributed by atoms with van der Waals surface area (Å²) < 4.78 is 16.2. The average molecular weight is 248 g/mol. The van der Waals surface area contributed by atoms with Crippen LogP contribution in [0.3, 0.4) is 0 Å². The van der Waals surface area contributed by atoms with Crippen molar-refractivity contribution in [1.29, 1.82) is 0 Å². The predicted molar refractivity (Wildman–Crippen MR) is 62.9 cm³/mol. The molecule has 0 bridgehead atoms. The minimum Gasteiger partial charge on any atom is -0.486 e. The maximum atomic E-state index is 5.48. The van der Waals surface area contributed by atoms with Gasteiger partial charge in [-0.1, -0.05) is 5.10 Å². The molecule has 0 spiro atoms. The van der Waals surface area contributed by atoms with Gasteiger partial charge in [-0.2, -0.15) is 0 Å². The first-order valence-corrected chi connectivity index (χ1v) is 5.54. The number of hydrogen-bond acceptors (Lipinski definition) is 7. The van der Waals surface area contributed by atoms with E-state index in [1.165, 1.54) is 0 Å². The highest BCUT2D eigenvalue weighted by Crippen LogP contribution is 2.33. The van der Waals surface area contributed by atoms with Gasteiger partial charge in [0.1, 0.15) is 13.2 Å². The van der Waals surface area contributed by atoms with Gasteiger partial charge in [0.2, 0.25) is 5.89 Å². The number of fused-ring (bicyclic) bond motifs is 1. The van der Waals surface area contributed by atoms with Gasteiger partial charge in [-0.05, 0) is 12.1 Å². The molecule has 3 rings (SSSR count). The molecule has 7 heteroatoms. The van der Waals surface area contributed by atoms with Gasteiger partial charge >= 0.3 is 6.01 Å². The van der Waals surface area contributed by atoms with Gasteiger partial charge in [-0.25, -0.2) is 0 Å². The summed E-state index contributed by atoms with van der Waals surface area (Å²) in [6.07, 6.45) is 0. The lowest BCUT2D eigenvalue weighted by molar-refractivity contribution is 0.171. The van der Waals surface area contributed by atoms with E-state index < -0.39 is 0 Å². The summed E-state index contributed by atoms with van der Waals surface area (Å²) in [4.78, 5) is 0. The zero-order valence-corrected chi connectivity index (χ0v) is 9.55. The van der Waals surface area contributed by atoms with E-state index >= 15 is 0 Å². The first kappa shape index (κ1) is 10.8. The van der Waals surface area contributed by atoms with Gasteiger partial charge < -0.3 is 24.9 Å². The molecule has 0 aliphatic carbocycles. The van der Waals surface area contributed by atoms with E-state index in [9.17, 15) is 0 Å². The third-order valence-corrected chi connectivity index (χ3v) is 2.43. The number of ether oxygens (including phenoxy) is 2. The van der Waals surface area contributed by atoms with Crippen molar-refractivity contribution in [3.63, 3.8) is 0 Å². The number of nitrogens with zero attached hydrogens (tertiary/aromatic N) is 2. The average Bonchev–Trinajstić information content (AvgIpc) is 2.86. The minimum absolute atomic E-state index is 0.218. The Labute approximate surface area is 103 Å². The van der Waals surface area contributed by atoms with Gasteiger partial charge in [-0.15, -0.1) is 5.10 Å². The highest BCUT2D eigenvalue weighted by Gasteiger charge is 2.12. The first-order valence-electron chi connectivity index (χ1n) is 5.54. The lowest BCUT2D eigenvalue weighted by atomic mass is 10.2. The fraction of sp³-hybridized carbons (Fsp3) is 0.273. The van der Waals surface area contributed by atoms with Crippen LogP contribution in [0.2, 0.25) is 0 Å². The second-order valence-corrected chi connectivity index (χ2v) is 3.69. The highest BCUT2D eigenvalue weighted by atomic mass is 16.6. The molecule has 0 amide bonds. The molecule has 3 N–H and O–H groups in total. The Morgan fingerprint density at radius 2 is 2.00 bits per heavy atom. The van der Waals surface area contributed by atoms with Crippen LogP contribution < -0.4 is 20.5 Å². The molecule has 18 heavy (non-hydrogen) atoms. The van der Waals surface area contributed by atoms with Crippen molar-refractivity contribution in [2.24, 2.45) is 5.73 Å². The van der Waals surface area contributed by atoms with Crippen molar-refractivity contribution < 1.29 is 13.9 Å². The molecule has 0 radical (unpaired) electrons. The van der Waals surface area contributed by atoms with Crippen LogP contribution in [0.15, 0.2) is 22.6 Å². The topological polar surface area (TPSA) is 95.4 Å². The van der Waals surface area contributed by atoms with E-state index in [0.717, 1.165) is 11.4 Å². The van der Waals surface area contributed by atoms with Crippen molar-refractivity contribution >= 4 is 11.7 Å². The molecule has 0 atom stereocenters. The van der Waals surface area contributed by atoms with Gasteiger partial charge in [0.25, 0.3) is 0 Å². The van der Waals surface area contributed by atoms with Crippen LogP contribution in [-0.4, -0.2) is 23.4 Å². The summed E-state index contributed by atoms with van der Waals surface area (Å²) in [5, 5.41) is 10.6. The number of hydrogen-bond donors (Lipinski definition) is 2. The molecule has 0 saturated carbocycles. The summed E-state index contributed by atoms with van der Waals surface area (Å²) in [6.45, 7) is 1.34. The Bertz CT molecular complexity index is 555. The lowest BCUT2D eigenvalue weighted by Gasteiger charge is -2.18. The zero-order chi connectivity index (χ0) is 12.4. The highest BCUT2D eigenvalue weighted by molar-refractivity contribution is 5.59. The fourth-order valence-corrected chi connectivity index (χ4v) is 1.63. The monoisotopic (exact) mass is 248 g/mol. The molecular formula is C11H12N4O3. The molecule has 7 nitrogen and oxygen atoms in total. The van der Waals surface area contributed by atoms with Crippen LogP contribution in [0.4, 0.5) is 11.7 Å². The van der Waals surface area contributed by atoms with Crippen molar-refractivity contribution in [2.75, 3.05) is 18.5 Å². The van der Waals surface area contributed by atoms with Crippen LogP contribution in [0.5, 0.6) is 11.5 Å². The number of rotatable bonds is 3. The molecular weight excluding hydrogens is 236 g/mol. The van der Waals surface area contributed by atoms with Crippen LogP contribution in [-0.2, 0) is 6.54 Å². The maximum absolute atomic E-state index is 5.48. The minimum atomic E-state index is 0.218. The molecule has 1 aromatic carbocycles. The molecule has 0 unspecified atom stereocenters. The second-order valence-electron chi connectivity index (χ2n) is 3.69. The van der Waals surface area contributed by atoms with Crippen molar-refractivity contribution in [3.8, 4) is 11.5 Å². The fourth-order valence-electron chi connectivity index (χ4n) is 1.63. The third kappa shape index (κ3) is 2.07. The smallest absolute Gasteiger partial charge is 0.320 e. The number of aromatic nitrogens is 2. The largest absolute Gasteiger partial charge is 0.486 e. The molecule has 2 aromatic rings. The van der Waals surface area contributed by atoms with Crippen LogP contribution in [0.25, 0.3) is 0 Å². The van der Waals surface area contributed by atoms with Gasteiger partial charge in [-0.3, -0.25) is 0 Å². The third-order valence-electron chi connectivity index (χ3n) is 2.43. The van der Waals surface area contributed by atoms with Gasteiger partial charge in [0, 0.05) is 11.8 Å². The Kier molecular flexibility index (Phi) is 2.73. The van der Waals surface area contributed by atoms with Crippen LogP contribution in [0, 0.1) is 0 Å². The first-order chi connectivity index (χ1) is 8.85. The molecule has 2 heterocycles. The van der Waals surface area contributed by atoms with Crippen molar-refractivity contribution in [1.82, 2.24) is 10.2 Å². The standard InChI is InChI=1S/C11H12N4O3/c12-6-10-14-15-11(18-10)13-7-1-2-8-9(5-7)17-4-3-16-8/h1-2,5H,3-4,6,12H2,(H,13,15). The summed E-state index contributed by atoms with van der Waals surface area (Å²) >= 11 is 0. The number of anilines is 2. The Morgan fingerprint density at radius 1 is 1.17 bits per heavy atom. The molecule has 94 valence electrons. The Morgan fingerprint density at radius 3 is 2.78 bits per heavy atom. The molecule has 1 aromatic heterocycles. The Balaban J connectivity index is 1.80. The number of benzene rings is 1. The predicted octanol–water partition coefficient (Wildman–Crippen LogP) is 1.04. The summed E-state index contributed by atoms with van der Waals surface area (Å²) in [5.41, 5.74) is 6.17. The van der Waals surface area contributed by atoms with E-state index in [-0.39, 0.29) is 6.54 Å². The van der Waals surface area contributed by atoms with E-state index in [1.807, 2.05) is 18.2 Å².